The van der Waals surface area contributed by atoms with Gasteiger partial charge in [0.15, 0.2) is 0 Å². The third kappa shape index (κ3) is 2.29. The maximum atomic E-state index is 10.5. The summed E-state index contributed by atoms with van der Waals surface area (Å²) in [7, 11) is 0. The maximum Gasteiger partial charge on any atom is 0.307 e. The summed E-state index contributed by atoms with van der Waals surface area (Å²) in [6, 6.07) is 5.22. The van der Waals surface area contributed by atoms with Crippen molar-refractivity contribution in [2.45, 2.75) is 6.42 Å². The Labute approximate surface area is 82.4 Å². The predicted molar refractivity (Wildman–Crippen MR) is 57.1 cm³/mol. The van der Waals surface area contributed by atoms with Crippen LogP contribution in [0.3, 0.4) is 0 Å². The van der Waals surface area contributed by atoms with Crippen molar-refractivity contribution in [2.75, 3.05) is 0 Å². The molecule has 0 bridgehead atoms. The zero-order valence-electron chi connectivity index (χ0n) is 7.73. The average Bonchev–Trinajstić information content (AvgIpc) is 2.16. The van der Waals surface area contributed by atoms with Crippen LogP contribution in [0, 0.1) is 0 Å². The van der Waals surface area contributed by atoms with Gasteiger partial charge in [-0.05, 0) is 30.0 Å². The minimum Gasteiger partial charge on any atom is -0.481 e. The number of hydrogen-bond donors (Lipinski definition) is 1. The molecule has 14 heavy (non-hydrogen) atoms. The molecule has 0 aromatic heterocycles. The van der Waals surface area contributed by atoms with Crippen molar-refractivity contribution in [3.8, 4) is 0 Å². The van der Waals surface area contributed by atoms with E-state index in [-0.39, 0.29) is 6.42 Å². The van der Waals surface area contributed by atoms with Crippen molar-refractivity contribution in [2.24, 2.45) is 4.99 Å². The molecular formula is C11H11NO2. The number of carboxylic acids is 1. The Bertz CT molecular complexity index is 383. The normalized spacial score (nSPS) is 9.43. The number of aliphatic carboxylic acids is 1. The first kappa shape index (κ1) is 10.2. The van der Waals surface area contributed by atoms with Gasteiger partial charge in [0.2, 0.25) is 0 Å². The molecule has 0 atom stereocenters. The highest BCUT2D eigenvalue weighted by molar-refractivity contribution is 5.72. The van der Waals surface area contributed by atoms with Gasteiger partial charge in [-0.3, -0.25) is 9.79 Å². The second kappa shape index (κ2) is 4.37. The molecule has 0 spiro atoms. The molecule has 0 heterocycles. The van der Waals surface area contributed by atoms with E-state index in [9.17, 15) is 4.79 Å². The Morgan fingerprint density at radius 1 is 1.57 bits per heavy atom. The standard InChI is InChI=1S/C11H11NO2/c1-3-9-6-8(7-11(13)14)4-5-10(9)12-2/h3-6H,1-2,7H2,(H,13,14). The molecule has 0 aliphatic rings. The second-order valence-corrected chi connectivity index (χ2v) is 2.83. The van der Waals surface area contributed by atoms with Crippen molar-refractivity contribution in [3.05, 3.63) is 35.9 Å². The smallest absolute Gasteiger partial charge is 0.307 e. The molecule has 0 saturated heterocycles. The zero-order chi connectivity index (χ0) is 10.6. The van der Waals surface area contributed by atoms with E-state index in [1.165, 1.54) is 0 Å². The third-order valence-corrected chi connectivity index (χ3v) is 1.84. The van der Waals surface area contributed by atoms with E-state index in [0.717, 1.165) is 11.1 Å². The average molecular weight is 189 g/mol. The molecule has 3 nitrogen and oxygen atoms in total. The van der Waals surface area contributed by atoms with E-state index in [0.29, 0.717) is 5.69 Å². The van der Waals surface area contributed by atoms with Gasteiger partial charge in [-0.25, -0.2) is 0 Å². The SMILES string of the molecule is C=Cc1cc(CC(=O)O)ccc1N=C. The highest BCUT2D eigenvalue weighted by atomic mass is 16.4. The molecule has 1 aromatic rings. The van der Waals surface area contributed by atoms with Crippen LogP contribution in [0.4, 0.5) is 5.69 Å². The molecule has 0 fully saturated rings. The lowest BCUT2D eigenvalue weighted by atomic mass is 10.1. The summed E-state index contributed by atoms with van der Waals surface area (Å²) in [5, 5.41) is 8.60. The summed E-state index contributed by atoms with van der Waals surface area (Å²) >= 11 is 0. The molecule has 0 aliphatic carbocycles. The van der Waals surface area contributed by atoms with E-state index < -0.39 is 5.97 Å². The fraction of sp³-hybridized carbons (Fsp3) is 0.0909. The minimum atomic E-state index is -0.848. The van der Waals surface area contributed by atoms with Gasteiger partial charge >= 0.3 is 5.97 Å². The highest BCUT2D eigenvalue weighted by Gasteiger charge is 2.03. The Kier molecular flexibility index (Phi) is 3.18. The van der Waals surface area contributed by atoms with Gasteiger partial charge in [0, 0.05) is 0 Å². The van der Waals surface area contributed by atoms with Gasteiger partial charge in [-0.1, -0.05) is 18.7 Å². The van der Waals surface area contributed by atoms with Crippen molar-refractivity contribution >= 4 is 24.5 Å². The Balaban J connectivity index is 3.07. The van der Waals surface area contributed by atoms with Gasteiger partial charge in [0.25, 0.3) is 0 Å². The molecule has 1 rings (SSSR count). The number of aliphatic imine (C=N–C) groups is 1. The summed E-state index contributed by atoms with van der Waals surface area (Å²) in [6.07, 6.45) is 1.65. The maximum absolute atomic E-state index is 10.5. The summed E-state index contributed by atoms with van der Waals surface area (Å²) in [6.45, 7) is 7.04. The van der Waals surface area contributed by atoms with Crippen LogP contribution in [0.25, 0.3) is 6.08 Å². The van der Waals surface area contributed by atoms with Crippen LogP contribution in [-0.4, -0.2) is 17.8 Å². The lowest BCUT2D eigenvalue weighted by Crippen LogP contribution is -1.99. The van der Waals surface area contributed by atoms with Crippen LogP contribution in [0.5, 0.6) is 0 Å². The molecule has 0 radical (unpaired) electrons. The first-order valence-electron chi connectivity index (χ1n) is 4.11. The summed E-state index contributed by atoms with van der Waals surface area (Å²) < 4.78 is 0. The molecule has 0 amide bonds. The fourth-order valence-corrected chi connectivity index (χ4v) is 1.20. The van der Waals surface area contributed by atoms with E-state index in [4.69, 9.17) is 5.11 Å². The molecule has 72 valence electrons. The van der Waals surface area contributed by atoms with Gasteiger partial charge in [0.05, 0.1) is 12.1 Å². The van der Waals surface area contributed by atoms with Crippen LogP contribution in [-0.2, 0) is 11.2 Å². The van der Waals surface area contributed by atoms with E-state index in [1.54, 1.807) is 24.3 Å². The number of carboxylic acid groups (broad SMARTS) is 1. The van der Waals surface area contributed by atoms with E-state index >= 15 is 0 Å². The minimum absolute atomic E-state index is 0.0122. The number of nitrogens with zero attached hydrogens (tertiary/aromatic N) is 1. The lowest BCUT2D eigenvalue weighted by Gasteiger charge is -2.02. The summed E-state index contributed by atoms with van der Waals surface area (Å²) in [5.74, 6) is -0.848. The highest BCUT2D eigenvalue weighted by Crippen LogP contribution is 2.21. The Morgan fingerprint density at radius 2 is 2.29 bits per heavy atom. The first-order valence-corrected chi connectivity index (χ1v) is 4.11. The first-order chi connectivity index (χ1) is 6.67. The summed E-state index contributed by atoms with van der Waals surface area (Å²) in [4.78, 5) is 14.3. The van der Waals surface area contributed by atoms with Gasteiger partial charge in [-0.2, -0.15) is 0 Å². The lowest BCUT2D eigenvalue weighted by molar-refractivity contribution is -0.136. The van der Waals surface area contributed by atoms with E-state index in [2.05, 4.69) is 18.3 Å². The summed E-state index contributed by atoms with van der Waals surface area (Å²) in [5.41, 5.74) is 2.26. The Hall–Kier alpha value is -1.90. The number of benzene rings is 1. The molecule has 3 heteroatoms. The van der Waals surface area contributed by atoms with Gasteiger partial charge in [0.1, 0.15) is 0 Å². The van der Waals surface area contributed by atoms with Crippen molar-refractivity contribution < 1.29 is 9.90 Å². The van der Waals surface area contributed by atoms with Crippen molar-refractivity contribution in [3.63, 3.8) is 0 Å². The largest absolute Gasteiger partial charge is 0.481 e. The van der Waals surface area contributed by atoms with Crippen LogP contribution in [0.15, 0.2) is 29.8 Å². The van der Waals surface area contributed by atoms with Crippen molar-refractivity contribution in [1.82, 2.24) is 0 Å². The van der Waals surface area contributed by atoms with Crippen LogP contribution < -0.4 is 0 Å². The van der Waals surface area contributed by atoms with Gasteiger partial charge in [-0.15, -0.1) is 0 Å². The molecule has 0 saturated carbocycles. The zero-order valence-corrected chi connectivity index (χ0v) is 7.73. The van der Waals surface area contributed by atoms with Gasteiger partial charge < -0.3 is 5.11 Å². The molecule has 0 unspecified atom stereocenters. The predicted octanol–water partition coefficient (Wildman–Crippen LogP) is 2.29. The monoisotopic (exact) mass is 189 g/mol. The topological polar surface area (TPSA) is 49.7 Å². The van der Waals surface area contributed by atoms with Crippen LogP contribution in [0.1, 0.15) is 11.1 Å². The van der Waals surface area contributed by atoms with Crippen LogP contribution in [0.2, 0.25) is 0 Å². The molecule has 1 aromatic carbocycles. The number of carbonyl (C=O) groups is 1. The second-order valence-electron chi connectivity index (χ2n) is 2.83. The molecule has 1 N–H and O–H groups in total. The van der Waals surface area contributed by atoms with E-state index in [1.807, 2.05) is 0 Å². The van der Waals surface area contributed by atoms with Crippen molar-refractivity contribution in [1.29, 1.82) is 0 Å². The molecule has 0 aliphatic heterocycles. The molecular weight excluding hydrogens is 178 g/mol. The Morgan fingerprint density at radius 3 is 2.79 bits per heavy atom. The quantitative estimate of drug-likeness (QED) is 0.739. The number of rotatable bonds is 4. The fourth-order valence-electron chi connectivity index (χ4n) is 1.20. The van der Waals surface area contributed by atoms with Crippen LogP contribution >= 0.6 is 0 Å². The third-order valence-electron chi connectivity index (χ3n) is 1.84. The number of hydrogen-bond acceptors (Lipinski definition) is 2.